The average molecular weight is 345 g/mol. The predicted octanol–water partition coefficient (Wildman–Crippen LogP) is 3.93. The number of rotatable bonds is 4. The Kier molecular flexibility index (Phi) is 4.42. The van der Waals surface area contributed by atoms with Gasteiger partial charge in [0.15, 0.2) is 0 Å². The van der Waals surface area contributed by atoms with Gasteiger partial charge >= 0.3 is 0 Å². The molecular weight excluding hydrogens is 326 g/mol. The first-order valence-corrected chi connectivity index (χ1v) is 8.61. The standard InChI is InChI=1S/C22H19NO3/c24-22(23-25)21(15-5-2-1-3-6-15)19-8-4-7-16(14-19)17-9-10-20-18(13-17)11-12-26-20/h1-10,13-14,21,25H,11-12H2,(H,23,24). The molecule has 1 unspecified atom stereocenters. The zero-order valence-electron chi connectivity index (χ0n) is 14.2. The molecular formula is C22H19NO3. The highest BCUT2D eigenvalue weighted by Gasteiger charge is 2.23. The van der Waals surface area contributed by atoms with Crippen molar-refractivity contribution in [2.75, 3.05) is 6.61 Å². The fourth-order valence-corrected chi connectivity index (χ4v) is 3.47. The lowest BCUT2D eigenvalue weighted by atomic mass is 9.88. The van der Waals surface area contributed by atoms with E-state index in [2.05, 4.69) is 6.07 Å². The Hall–Kier alpha value is -3.11. The molecule has 1 aliphatic rings. The van der Waals surface area contributed by atoms with Crippen molar-refractivity contribution in [3.63, 3.8) is 0 Å². The monoisotopic (exact) mass is 345 g/mol. The molecule has 0 aromatic heterocycles. The van der Waals surface area contributed by atoms with Gasteiger partial charge in [0, 0.05) is 6.42 Å². The summed E-state index contributed by atoms with van der Waals surface area (Å²) in [6.45, 7) is 0.728. The first-order valence-electron chi connectivity index (χ1n) is 8.61. The molecule has 0 radical (unpaired) electrons. The van der Waals surface area contributed by atoms with Crippen LogP contribution in [-0.4, -0.2) is 17.7 Å². The maximum atomic E-state index is 12.3. The quantitative estimate of drug-likeness (QED) is 0.556. The summed E-state index contributed by atoms with van der Waals surface area (Å²) in [4.78, 5) is 12.3. The van der Waals surface area contributed by atoms with Crippen molar-refractivity contribution in [1.82, 2.24) is 5.48 Å². The summed E-state index contributed by atoms with van der Waals surface area (Å²) in [5, 5.41) is 9.21. The van der Waals surface area contributed by atoms with Gasteiger partial charge in [0.1, 0.15) is 5.75 Å². The Morgan fingerprint density at radius 1 is 0.923 bits per heavy atom. The number of hydrogen-bond acceptors (Lipinski definition) is 3. The van der Waals surface area contributed by atoms with Crippen molar-refractivity contribution in [3.8, 4) is 16.9 Å². The molecule has 0 saturated heterocycles. The van der Waals surface area contributed by atoms with Crippen LogP contribution in [0.4, 0.5) is 0 Å². The van der Waals surface area contributed by atoms with E-state index in [9.17, 15) is 10.0 Å². The maximum Gasteiger partial charge on any atom is 0.255 e. The Balaban J connectivity index is 1.75. The van der Waals surface area contributed by atoms with Crippen LogP contribution in [0.5, 0.6) is 5.75 Å². The van der Waals surface area contributed by atoms with Crippen LogP contribution in [0.15, 0.2) is 72.8 Å². The lowest BCUT2D eigenvalue weighted by Crippen LogP contribution is -2.27. The summed E-state index contributed by atoms with van der Waals surface area (Å²) >= 11 is 0. The summed E-state index contributed by atoms with van der Waals surface area (Å²) in [5.74, 6) is -0.0682. The molecule has 3 aromatic carbocycles. The highest BCUT2D eigenvalue weighted by atomic mass is 16.5. The molecule has 0 bridgehead atoms. The Morgan fingerprint density at radius 3 is 2.50 bits per heavy atom. The number of hydrogen-bond donors (Lipinski definition) is 2. The third kappa shape index (κ3) is 3.07. The molecule has 3 aromatic rings. The molecule has 0 saturated carbocycles. The molecule has 4 nitrogen and oxygen atoms in total. The van der Waals surface area contributed by atoms with E-state index in [1.165, 1.54) is 5.56 Å². The Bertz CT molecular complexity index is 937. The van der Waals surface area contributed by atoms with E-state index in [0.29, 0.717) is 0 Å². The van der Waals surface area contributed by atoms with Crippen LogP contribution in [0, 0.1) is 0 Å². The van der Waals surface area contributed by atoms with Gasteiger partial charge in [-0.3, -0.25) is 10.0 Å². The normalized spacial score (nSPS) is 13.6. The number of amides is 1. The van der Waals surface area contributed by atoms with Gasteiger partial charge in [-0.1, -0.05) is 60.7 Å². The highest BCUT2D eigenvalue weighted by Crippen LogP contribution is 2.33. The number of ether oxygens (including phenoxy) is 1. The van der Waals surface area contributed by atoms with E-state index in [1.54, 1.807) is 5.48 Å². The van der Waals surface area contributed by atoms with Crippen molar-refractivity contribution >= 4 is 5.91 Å². The second kappa shape index (κ2) is 7.02. The molecule has 4 rings (SSSR count). The molecule has 0 fully saturated rings. The van der Waals surface area contributed by atoms with Crippen molar-refractivity contribution in [1.29, 1.82) is 0 Å². The number of benzene rings is 3. The van der Waals surface area contributed by atoms with Crippen molar-refractivity contribution in [2.45, 2.75) is 12.3 Å². The maximum absolute atomic E-state index is 12.3. The molecule has 2 N–H and O–H groups in total. The van der Waals surface area contributed by atoms with Gasteiger partial charge in [-0.05, 0) is 39.9 Å². The van der Waals surface area contributed by atoms with Crippen LogP contribution >= 0.6 is 0 Å². The van der Waals surface area contributed by atoms with Gasteiger partial charge in [-0.25, -0.2) is 5.48 Å². The number of fused-ring (bicyclic) bond motifs is 1. The molecule has 1 amide bonds. The molecule has 1 aliphatic heterocycles. The molecule has 130 valence electrons. The number of carbonyl (C=O) groups excluding carboxylic acids is 1. The number of hydroxylamine groups is 1. The summed E-state index contributed by atoms with van der Waals surface area (Å²) in [5.41, 5.74) is 6.79. The van der Waals surface area contributed by atoms with E-state index in [-0.39, 0.29) is 0 Å². The summed E-state index contributed by atoms with van der Waals surface area (Å²) < 4.78 is 5.57. The topological polar surface area (TPSA) is 58.6 Å². The fourth-order valence-electron chi connectivity index (χ4n) is 3.47. The van der Waals surface area contributed by atoms with Gasteiger partial charge in [0.05, 0.1) is 12.5 Å². The van der Waals surface area contributed by atoms with Gasteiger partial charge in [-0.2, -0.15) is 0 Å². The number of carbonyl (C=O) groups is 1. The highest BCUT2D eigenvalue weighted by molar-refractivity contribution is 5.86. The lowest BCUT2D eigenvalue weighted by Gasteiger charge is -2.17. The molecule has 0 aliphatic carbocycles. The van der Waals surface area contributed by atoms with E-state index >= 15 is 0 Å². The van der Waals surface area contributed by atoms with E-state index in [4.69, 9.17) is 4.74 Å². The summed E-state index contributed by atoms with van der Waals surface area (Å²) in [6, 6.07) is 23.5. The minimum Gasteiger partial charge on any atom is -0.493 e. The van der Waals surface area contributed by atoms with Gasteiger partial charge < -0.3 is 4.74 Å². The van der Waals surface area contributed by atoms with Crippen LogP contribution < -0.4 is 10.2 Å². The zero-order chi connectivity index (χ0) is 17.9. The third-order valence-electron chi connectivity index (χ3n) is 4.75. The van der Waals surface area contributed by atoms with E-state index in [0.717, 1.165) is 41.0 Å². The second-order valence-electron chi connectivity index (χ2n) is 6.37. The smallest absolute Gasteiger partial charge is 0.255 e. The van der Waals surface area contributed by atoms with Crippen LogP contribution in [0.1, 0.15) is 22.6 Å². The molecule has 0 spiro atoms. The zero-order valence-corrected chi connectivity index (χ0v) is 14.2. The SMILES string of the molecule is O=C(NO)C(c1ccccc1)c1cccc(-c2ccc3c(c2)CCO3)c1. The van der Waals surface area contributed by atoms with Crippen LogP contribution in [-0.2, 0) is 11.2 Å². The van der Waals surface area contributed by atoms with Crippen molar-refractivity contribution < 1.29 is 14.7 Å². The molecule has 1 atom stereocenters. The van der Waals surface area contributed by atoms with Gasteiger partial charge in [0.2, 0.25) is 0 Å². The van der Waals surface area contributed by atoms with E-state index in [1.807, 2.05) is 66.7 Å². The summed E-state index contributed by atoms with van der Waals surface area (Å²) in [6.07, 6.45) is 0.919. The van der Waals surface area contributed by atoms with Crippen LogP contribution in [0.25, 0.3) is 11.1 Å². The van der Waals surface area contributed by atoms with Crippen LogP contribution in [0.2, 0.25) is 0 Å². The van der Waals surface area contributed by atoms with E-state index < -0.39 is 11.8 Å². The van der Waals surface area contributed by atoms with Crippen molar-refractivity contribution in [2.24, 2.45) is 0 Å². The Labute approximate surface area is 152 Å². The molecule has 4 heteroatoms. The lowest BCUT2D eigenvalue weighted by molar-refractivity contribution is -0.129. The molecule has 1 heterocycles. The van der Waals surface area contributed by atoms with Gasteiger partial charge in [-0.15, -0.1) is 0 Å². The third-order valence-corrected chi connectivity index (χ3v) is 4.75. The average Bonchev–Trinajstić information content (AvgIpc) is 3.17. The minimum absolute atomic E-state index is 0.448. The largest absolute Gasteiger partial charge is 0.493 e. The predicted molar refractivity (Wildman–Crippen MR) is 99.3 cm³/mol. The minimum atomic E-state index is -0.570. The molecule has 26 heavy (non-hydrogen) atoms. The second-order valence-corrected chi connectivity index (χ2v) is 6.37. The fraction of sp³-hybridized carbons (Fsp3) is 0.136. The Morgan fingerprint density at radius 2 is 1.69 bits per heavy atom. The first kappa shape index (κ1) is 16.4. The van der Waals surface area contributed by atoms with Gasteiger partial charge in [0.25, 0.3) is 5.91 Å². The van der Waals surface area contributed by atoms with Crippen molar-refractivity contribution in [3.05, 3.63) is 89.5 Å². The number of nitrogens with one attached hydrogen (secondary N) is 1. The van der Waals surface area contributed by atoms with Crippen LogP contribution in [0.3, 0.4) is 0 Å². The summed E-state index contributed by atoms with van der Waals surface area (Å²) in [7, 11) is 0. The first-order chi connectivity index (χ1) is 12.8.